The van der Waals surface area contributed by atoms with Crippen molar-refractivity contribution in [1.29, 1.82) is 0 Å². The summed E-state index contributed by atoms with van der Waals surface area (Å²) in [5, 5.41) is 0. The molecule has 1 fully saturated rings. The van der Waals surface area contributed by atoms with Crippen molar-refractivity contribution in [3.05, 3.63) is 33.8 Å². The van der Waals surface area contributed by atoms with Crippen LogP contribution in [-0.2, 0) is 14.9 Å². The fourth-order valence-electron chi connectivity index (χ4n) is 4.79. The molecule has 1 unspecified atom stereocenters. The Labute approximate surface area is 160 Å². The molecule has 138 valence electrons. The summed E-state index contributed by atoms with van der Waals surface area (Å²) >= 11 is 3.81. The number of halogens is 1. The zero-order valence-corrected chi connectivity index (χ0v) is 17.5. The lowest BCUT2D eigenvalue weighted by Gasteiger charge is -2.46. The van der Waals surface area contributed by atoms with E-state index >= 15 is 0 Å². The highest BCUT2D eigenvalue weighted by Gasteiger charge is 2.47. The fraction of sp³-hybridized carbons (Fsp3) is 0.667. The number of carbonyl (C=O) groups is 1. The maximum absolute atomic E-state index is 12.1. The summed E-state index contributed by atoms with van der Waals surface area (Å²) in [6.45, 7) is 11.5. The first kappa shape index (κ1) is 18.9. The van der Waals surface area contributed by atoms with Crippen LogP contribution in [0, 0.1) is 0 Å². The molecule has 1 atom stereocenters. The molecule has 1 aromatic rings. The van der Waals surface area contributed by atoms with Crippen LogP contribution in [0.2, 0.25) is 0 Å². The summed E-state index contributed by atoms with van der Waals surface area (Å²) < 4.78 is 6.44. The van der Waals surface area contributed by atoms with Crippen molar-refractivity contribution in [3.8, 4) is 0 Å². The maximum Gasteiger partial charge on any atom is 0.306 e. The van der Waals surface area contributed by atoms with E-state index in [-0.39, 0.29) is 22.8 Å². The van der Waals surface area contributed by atoms with E-state index in [1.807, 2.05) is 6.92 Å². The number of likely N-dealkylation sites (tertiary alicyclic amines) is 1. The number of carbonyl (C=O) groups excluding carboxylic acids is 1. The Morgan fingerprint density at radius 3 is 2.60 bits per heavy atom. The van der Waals surface area contributed by atoms with Crippen LogP contribution in [0.1, 0.15) is 70.4 Å². The number of rotatable bonds is 3. The minimum atomic E-state index is -0.0670. The van der Waals surface area contributed by atoms with Crippen LogP contribution >= 0.6 is 15.9 Å². The Kier molecular flexibility index (Phi) is 5.32. The molecule has 3 rings (SSSR count). The molecule has 0 N–H and O–H groups in total. The van der Waals surface area contributed by atoms with Crippen molar-refractivity contribution < 1.29 is 9.53 Å². The van der Waals surface area contributed by atoms with Crippen LogP contribution in [0.25, 0.3) is 0 Å². The van der Waals surface area contributed by atoms with Gasteiger partial charge in [-0.25, -0.2) is 0 Å². The molecule has 1 aliphatic heterocycles. The summed E-state index contributed by atoms with van der Waals surface area (Å²) in [5.41, 5.74) is 3.24. The number of ether oxygens (including phenoxy) is 1. The van der Waals surface area contributed by atoms with Gasteiger partial charge in [-0.1, -0.05) is 28.1 Å². The number of piperidine rings is 1. The highest BCUT2D eigenvalue weighted by atomic mass is 79.9. The predicted octanol–water partition coefficient (Wildman–Crippen LogP) is 5.02. The molecule has 25 heavy (non-hydrogen) atoms. The number of fused-ring (bicyclic) bond motifs is 2. The fourth-order valence-corrected chi connectivity index (χ4v) is 5.59. The molecule has 0 bridgehead atoms. The molecule has 1 aromatic carbocycles. The average Bonchev–Trinajstić information content (AvgIpc) is 2.82. The van der Waals surface area contributed by atoms with Gasteiger partial charge in [-0.15, -0.1) is 0 Å². The second-order valence-corrected chi connectivity index (χ2v) is 9.41. The van der Waals surface area contributed by atoms with Crippen LogP contribution in [0.4, 0.5) is 0 Å². The molecule has 0 saturated carbocycles. The Hall–Kier alpha value is -0.870. The van der Waals surface area contributed by atoms with Crippen LogP contribution in [-0.4, -0.2) is 36.1 Å². The van der Waals surface area contributed by atoms with Crippen molar-refractivity contribution in [2.24, 2.45) is 0 Å². The Balaban J connectivity index is 1.87. The van der Waals surface area contributed by atoms with E-state index in [9.17, 15) is 4.79 Å². The highest BCUT2D eigenvalue weighted by Crippen LogP contribution is 2.55. The van der Waals surface area contributed by atoms with Gasteiger partial charge in [-0.3, -0.25) is 9.69 Å². The zero-order chi connectivity index (χ0) is 18.2. The molecule has 3 nitrogen and oxygen atoms in total. The summed E-state index contributed by atoms with van der Waals surface area (Å²) in [6.07, 6.45) is 3.90. The molecule has 1 heterocycles. The van der Waals surface area contributed by atoms with Gasteiger partial charge >= 0.3 is 5.97 Å². The molecule has 1 aliphatic carbocycles. The van der Waals surface area contributed by atoms with Crippen molar-refractivity contribution in [2.45, 2.75) is 70.3 Å². The van der Waals surface area contributed by atoms with Gasteiger partial charge in [0.05, 0.1) is 13.0 Å². The second-order valence-electron chi connectivity index (χ2n) is 8.55. The average molecular weight is 408 g/mol. The Bertz CT molecular complexity index is 642. The lowest BCUT2D eigenvalue weighted by atomic mass is 9.72. The normalized spacial score (nSPS) is 22.8. The van der Waals surface area contributed by atoms with Crippen molar-refractivity contribution in [2.75, 3.05) is 19.7 Å². The molecule has 0 amide bonds. The SMILES string of the molecule is CCOC(=O)CC1CC2(CCN(C(C)(C)C)CC2)c2c(Br)cccc21. The minimum absolute atomic E-state index is 0.0670. The second kappa shape index (κ2) is 7.03. The molecule has 0 radical (unpaired) electrons. The quantitative estimate of drug-likeness (QED) is 0.658. The third-order valence-electron chi connectivity index (χ3n) is 6.04. The van der Waals surface area contributed by atoms with E-state index in [1.54, 1.807) is 0 Å². The lowest BCUT2D eigenvalue weighted by molar-refractivity contribution is -0.143. The van der Waals surface area contributed by atoms with E-state index in [0.29, 0.717) is 13.0 Å². The largest absolute Gasteiger partial charge is 0.466 e. The first-order valence-electron chi connectivity index (χ1n) is 9.46. The Morgan fingerprint density at radius 2 is 2.00 bits per heavy atom. The van der Waals surface area contributed by atoms with Gasteiger partial charge in [0, 0.05) is 10.0 Å². The van der Waals surface area contributed by atoms with Crippen LogP contribution in [0.15, 0.2) is 22.7 Å². The molecule has 1 spiro atoms. The maximum atomic E-state index is 12.1. The molecular weight excluding hydrogens is 378 g/mol. The van der Waals surface area contributed by atoms with Gasteiger partial charge in [0.1, 0.15) is 0 Å². The van der Waals surface area contributed by atoms with Crippen LogP contribution in [0.3, 0.4) is 0 Å². The summed E-state index contributed by atoms with van der Waals surface area (Å²) in [5.74, 6) is 0.218. The van der Waals surface area contributed by atoms with Gasteiger partial charge in [0.2, 0.25) is 0 Å². The number of esters is 1. The molecule has 0 aromatic heterocycles. The molecule has 4 heteroatoms. The third kappa shape index (κ3) is 3.66. The van der Waals surface area contributed by atoms with E-state index in [4.69, 9.17) is 4.74 Å². The van der Waals surface area contributed by atoms with Crippen molar-refractivity contribution in [3.63, 3.8) is 0 Å². The standard InChI is InChI=1S/C21H30BrNO2/c1-5-25-18(24)13-15-14-21(19-16(15)7-6-8-17(19)22)9-11-23(12-10-21)20(2,3)4/h6-8,15H,5,9-14H2,1-4H3. The smallest absolute Gasteiger partial charge is 0.306 e. The van der Waals surface area contributed by atoms with Crippen LogP contribution < -0.4 is 0 Å². The molecule has 1 saturated heterocycles. The highest BCUT2D eigenvalue weighted by molar-refractivity contribution is 9.10. The monoisotopic (exact) mass is 407 g/mol. The minimum Gasteiger partial charge on any atom is -0.466 e. The van der Waals surface area contributed by atoms with E-state index in [1.165, 1.54) is 28.4 Å². The van der Waals surface area contributed by atoms with Gasteiger partial charge in [0.25, 0.3) is 0 Å². The van der Waals surface area contributed by atoms with Gasteiger partial charge in [-0.05, 0) is 88.6 Å². The van der Waals surface area contributed by atoms with E-state index in [2.05, 4.69) is 59.8 Å². The predicted molar refractivity (Wildman–Crippen MR) is 105 cm³/mol. The van der Waals surface area contributed by atoms with E-state index in [0.717, 1.165) is 19.5 Å². The van der Waals surface area contributed by atoms with Crippen LogP contribution in [0.5, 0.6) is 0 Å². The van der Waals surface area contributed by atoms with Gasteiger partial charge in [0.15, 0.2) is 0 Å². The molecular formula is C21H30BrNO2. The Morgan fingerprint density at radius 1 is 1.32 bits per heavy atom. The number of nitrogens with zero attached hydrogens (tertiary/aromatic N) is 1. The zero-order valence-electron chi connectivity index (χ0n) is 15.9. The first-order valence-corrected chi connectivity index (χ1v) is 10.3. The first-order chi connectivity index (χ1) is 11.8. The summed E-state index contributed by atoms with van der Waals surface area (Å²) in [7, 11) is 0. The van der Waals surface area contributed by atoms with Gasteiger partial charge < -0.3 is 4.74 Å². The number of hydrogen-bond acceptors (Lipinski definition) is 3. The topological polar surface area (TPSA) is 29.5 Å². The molecule has 2 aliphatic rings. The summed E-state index contributed by atoms with van der Waals surface area (Å²) in [6, 6.07) is 6.47. The van der Waals surface area contributed by atoms with Crippen molar-refractivity contribution in [1.82, 2.24) is 4.90 Å². The number of benzene rings is 1. The number of hydrogen-bond donors (Lipinski definition) is 0. The van der Waals surface area contributed by atoms with Gasteiger partial charge in [-0.2, -0.15) is 0 Å². The third-order valence-corrected chi connectivity index (χ3v) is 6.70. The van der Waals surface area contributed by atoms with Crippen molar-refractivity contribution >= 4 is 21.9 Å². The lowest BCUT2D eigenvalue weighted by Crippen LogP contribution is -2.49. The van der Waals surface area contributed by atoms with E-state index < -0.39 is 0 Å². The summed E-state index contributed by atoms with van der Waals surface area (Å²) in [4.78, 5) is 14.7.